The number of hydrogen-bond donors (Lipinski definition) is 1. The van der Waals surface area contributed by atoms with Crippen molar-refractivity contribution < 1.29 is 9.59 Å². The maximum atomic E-state index is 13.2. The first kappa shape index (κ1) is 17.3. The van der Waals surface area contributed by atoms with E-state index in [-0.39, 0.29) is 16.7 Å². The second-order valence-electron chi connectivity index (χ2n) is 7.36. The van der Waals surface area contributed by atoms with Crippen LogP contribution in [-0.2, 0) is 9.59 Å². The minimum Gasteiger partial charge on any atom is -0.315 e. The topological polar surface area (TPSA) is 66.7 Å². The zero-order chi connectivity index (χ0) is 19.3. The normalized spacial score (nSPS) is 24.0. The minimum absolute atomic E-state index is 0.0640. The number of carbonyl (C=O) groups is 2. The van der Waals surface area contributed by atoms with Crippen molar-refractivity contribution in [3.63, 3.8) is 0 Å². The van der Waals surface area contributed by atoms with Gasteiger partial charge in [0, 0.05) is 23.9 Å². The number of nitrogens with zero attached hydrogens (tertiary/aromatic N) is 3. The molecule has 2 aromatic heterocycles. The van der Waals surface area contributed by atoms with Crippen LogP contribution < -0.4 is 5.32 Å². The number of pyridine rings is 1. The molecule has 1 N–H and O–H groups in total. The second-order valence-corrected chi connectivity index (χ2v) is 8.86. The highest BCUT2D eigenvalue weighted by atomic mass is 32.2. The van der Waals surface area contributed by atoms with Crippen LogP contribution in [0.1, 0.15) is 19.8 Å². The standard InChI is InChI=1S/C21H20N4O2S/c1-21-11-10-17(26)25(21)15(13-28-21)20(27)23-19-18(14-7-3-2-4-8-14)22-16-9-5-6-12-24(16)19/h2-9,12,15H,10-11,13H2,1H3,(H,23,27)/t15-,21+/m1/s1. The molecule has 2 aliphatic rings. The first-order valence-electron chi connectivity index (χ1n) is 9.36. The lowest BCUT2D eigenvalue weighted by Gasteiger charge is -2.29. The lowest BCUT2D eigenvalue weighted by Crippen LogP contribution is -2.48. The summed E-state index contributed by atoms with van der Waals surface area (Å²) in [5, 5.41) is 3.08. The lowest BCUT2D eigenvalue weighted by atomic mass is 10.1. The molecule has 0 unspecified atom stereocenters. The predicted octanol–water partition coefficient (Wildman–Crippen LogP) is 3.39. The third-order valence-electron chi connectivity index (χ3n) is 5.57. The molecule has 6 nitrogen and oxygen atoms in total. The Morgan fingerprint density at radius 2 is 2.00 bits per heavy atom. The fourth-order valence-corrected chi connectivity index (χ4v) is 5.56. The van der Waals surface area contributed by atoms with Gasteiger partial charge in [-0.1, -0.05) is 36.4 Å². The van der Waals surface area contributed by atoms with Crippen LogP contribution >= 0.6 is 11.8 Å². The van der Waals surface area contributed by atoms with Gasteiger partial charge in [0.15, 0.2) is 0 Å². The summed E-state index contributed by atoms with van der Waals surface area (Å²) in [6.45, 7) is 2.06. The number of carbonyl (C=O) groups excluding carboxylic acids is 2. The summed E-state index contributed by atoms with van der Waals surface area (Å²) in [6, 6.07) is 15.1. The van der Waals surface area contributed by atoms with E-state index < -0.39 is 6.04 Å². The summed E-state index contributed by atoms with van der Waals surface area (Å²) < 4.78 is 1.88. The third kappa shape index (κ3) is 2.61. The third-order valence-corrected chi connectivity index (χ3v) is 7.07. The molecule has 3 aromatic rings. The number of fused-ring (bicyclic) bond motifs is 2. The van der Waals surface area contributed by atoms with Gasteiger partial charge in [-0.3, -0.25) is 14.0 Å². The SMILES string of the molecule is C[C@]12CCC(=O)N1[C@@H](C(=O)Nc1c(-c3ccccc3)nc3ccccn13)CS2. The Morgan fingerprint density at radius 3 is 2.82 bits per heavy atom. The van der Waals surface area contributed by atoms with Gasteiger partial charge in [-0.2, -0.15) is 0 Å². The Morgan fingerprint density at radius 1 is 1.21 bits per heavy atom. The summed E-state index contributed by atoms with van der Waals surface area (Å²) in [4.78, 5) is 31.8. The number of nitrogens with one attached hydrogen (secondary N) is 1. The van der Waals surface area contributed by atoms with Crippen molar-refractivity contribution in [1.29, 1.82) is 0 Å². The largest absolute Gasteiger partial charge is 0.315 e. The number of amides is 2. The van der Waals surface area contributed by atoms with E-state index in [1.165, 1.54) is 0 Å². The molecular formula is C21H20N4O2S. The number of hydrogen-bond acceptors (Lipinski definition) is 4. The average molecular weight is 392 g/mol. The molecule has 0 aliphatic carbocycles. The molecule has 142 valence electrons. The van der Waals surface area contributed by atoms with Crippen molar-refractivity contribution in [3.8, 4) is 11.3 Å². The number of imidazole rings is 1. The molecule has 4 heterocycles. The maximum Gasteiger partial charge on any atom is 0.249 e. The highest BCUT2D eigenvalue weighted by molar-refractivity contribution is 8.01. The van der Waals surface area contributed by atoms with Crippen LogP contribution in [-0.4, -0.2) is 42.8 Å². The van der Waals surface area contributed by atoms with Crippen molar-refractivity contribution in [2.75, 3.05) is 11.1 Å². The van der Waals surface area contributed by atoms with E-state index in [2.05, 4.69) is 12.2 Å². The van der Waals surface area contributed by atoms with Crippen LogP contribution in [0.5, 0.6) is 0 Å². The lowest BCUT2D eigenvalue weighted by molar-refractivity contribution is -0.135. The van der Waals surface area contributed by atoms with Crippen molar-refractivity contribution in [3.05, 3.63) is 54.7 Å². The number of rotatable bonds is 3. The van der Waals surface area contributed by atoms with E-state index in [0.29, 0.717) is 18.0 Å². The summed E-state index contributed by atoms with van der Waals surface area (Å²) in [6.07, 6.45) is 3.20. The Bertz CT molecular complexity index is 1080. The van der Waals surface area contributed by atoms with E-state index in [9.17, 15) is 9.59 Å². The zero-order valence-electron chi connectivity index (χ0n) is 15.5. The first-order chi connectivity index (χ1) is 13.6. The Kier molecular flexibility index (Phi) is 3.94. The summed E-state index contributed by atoms with van der Waals surface area (Å²) in [7, 11) is 0. The molecule has 5 rings (SSSR count). The van der Waals surface area contributed by atoms with Crippen molar-refractivity contribution in [1.82, 2.24) is 14.3 Å². The maximum absolute atomic E-state index is 13.2. The van der Waals surface area contributed by atoms with E-state index in [0.717, 1.165) is 23.3 Å². The monoisotopic (exact) mass is 392 g/mol. The number of aromatic nitrogens is 2. The molecule has 2 fully saturated rings. The molecule has 0 spiro atoms. The predicted molar refractivity (Wildman–Crippen MR) is 110 cm³/mol. The van der Waals surface area contributed by atoms with Gasteiger partial charge in [0.2, 0.25) is 11.8 Å². The molecule has 0 bridgehead atoms. The molecule has 0 radical (unpaired) electrons. The fraction of sp³-hybridized carbons (Fsp3) is 0.286. The minimum atomic E-state index is -0.456. The summed E-state index contributed by atoms with van der Waals surface area (Å²) in [5.74, 6) is 1.16. The van der Waals surface area contributed by atoms with Gasteiger partial charge in [-0.15, -0.1) is 11.8 Å². The number of benzene rings is 1. The first-order valence-corrected chi connectivity index (χ1v) is 10.3. The van der Waals surface area contributed by atoms with Crippen LogP contribution in [0.3, 0.4) is 0 Å². The molecular weight excluding hydrogens is 372 g/mol. The van der Waals surface area contributed by atoms with E-state index in [4.69, 9.17) is 4.98 Å². The van der Waals surface area contributed by atoms with Gasteiger partial charge in [0.25, 0.3) is 0 Å². The second kappa shape index (κ2) is 6.38. The highest BCUT2D eigenvalue weighted by Crippen LogP contribution is 2.47. The molecule has 0 saturated carbocycles. The van der Waals surface area contributed by atoms with E-state index in [1.807, 2.05) is 59.1 Å². The number of thioether (sulfide) groups is 1. The van der Waals surface area contributed by atoms with Gasteiger partial charge in [-0.05, 0) is 25.5 Å². The average Bonchev–Trinajstić information content (AvgIpc) is 3.34. The van der Waals surface area contributed by atoms with Crippen LogP contribution in [0.4, 0.5) is 5.82 Å². The van der Waals surface area contributed by atoms with Crippen LogP contribution in [0.15, 0.2) is 54.7 Å². The van der Waals surface area contributed by atoms with Crippen LogP contribution in [0.2, 0.25) is 0 Å². The van der Waals surface area contributed by atoms with Gasteiger partial charge >= 0.3 is 0 Å². The molecule has 2 aliphatic heterocycles. The Hall–Kier alpha value is -2.80. The van der Waals surface area contributed by atoms with Crippen LogP contribution in [0, 0.1) is 0 Å². The van der Waals surface area contributed by atoms with Crippen molar-refractivity contribution >= 4 is 35.0 Å². The fourth-order valence-electron chi connectivity index (χ4n) is 4.13. The van der Waals surface area contributed by atoms with Crippen LogP contribution in [0.25, 0.3) is 16.9 Å². The Balaban J connectivity index is 1.53. The van der Waals surface area contributed by atoms with Gasteiger partial charge in [0.05, 0.1) is 4.87 Å². The van der Waals surface area contributed by atoms with Gasteiger partial charge in [0.1, 0.15) is 23.2 Å². The van der Waals surface area contributed by atoms with Crippen molar-refractivity contribution in [2.24, 2.45) is 0 Å². The van der Waals surface area contributed by atoms with E-state index >= 15 is 0 Å². The quantitative estimate of drug-likeness (QED) is 0.742. The number of anilines is 1. The highest BCUT2D eigenvalue weighted by Gasteiger charge is 2.53. The molecule has 1 aromatic carbocycles. The zero-order valence-corrected chi connectivity index (χ0v) is 16.3. The Labute approximate surface area is 166 Å². The molecule has 2 amide bonds. The molecule has 7 heteroatoms. The summed E-state index contributed by atoms with van der Waals surface area (Å²) >= 11 is 1.69. The van der Waals surface area contributed by atoms with Gasteiger partial charge in [-0.25, -0.2) is 4.98 Å². The summed E-state index contributed by atoms with van der Waals surface area (Å²) in [5.41, 5.74) is 2.42. The van der Waals surface area contributed by atoms with Crippen molar-refractivity contribution in [2.45, 2.75) is 30.7 Å². The smallest absolute Gasteiger partial charge is 0.249 e. The molecule has 28 heavy (non-hydrogen) atoms. The molecule has 2 saturated heterocycles. The molecule has 2 atom stereocenters. The van der Waals surface area contributed by atoms with E-state index in [1.54, 1.807) is 16.7 Å². The van der Waals surface area contributed by atoms with Gasteiger partial charge < -0.3 is 10.2 Å².